The van der Waals surface area contributed by atoms with Crippen LogP contribution in [0.2, 0.25) is 5.02 Å². The average Bonchev–Trinajstić information content (AvgIpc) is 2.45. The van der Waals surface area contributed by atoms with Crippen LogP contribution in [0, 0.1) is 6.92 Å². The lowest BCUT2D eigenvalue weighted by Gasteiger charge is -2.24. The SMILES string of the molecule is Cc1cccc(N(CCC(N)=O)Cc2ncccc2Cl)c1. The molecule has 21 heavy (non-hydrogen) atoms. The minimum Gasteiger partial charge on any atom is -0.370 e. The molecule has 0 unspecified atom stereocenters. The number of halogens is 1. The zero-order valence-electron chi connectivity index (χ0n) is 11.9. The number of carbonyl (C=O) groups excluding carboxylic acids is 1. The molecule has 1 amide bonds. The van der Waals surface area contributed by atoms with Crippen molar-refractivity contribution in [1.29, 1.82) is 0 Å². The fourth-order valence-corrected chi connectivity index (χ4v) is 2.27. The second kappa shape index (κ2) is 7.09. The molecular formula is C16H18ClN3O. The van der Waals surface area contributed by atoms with E-state index in [2.05, 4.69) is 16.0 Å². The molecule has 0 bridgehead atoms. The fraction of sp³-hybridized carbons (Fsp3) is 0.250. The van der Waals surface area contributed by atoms with Gasteiger partial charge in [-0.15, -0.1) is 0 Å². The van der Waals surface area contributed by atoms with Crippen molar-refractivity contribution in [2.75, 3.05) is 11.4 Å². The quantitative estimate of drug-likeness (QED) is 0.892. The lowest BCUT2D eigenvalue weighted by molar-refractivity contribution is -0.117. The van der Waals surface area contributed by atoms with E-state index in [0.29, 0.717) is 24.5 Å². The van der Waals surface area contributed by atoms with Gasteiger partial charge >= 0.3 is 0 Å². The van der Waals surface area contributed by atoms with Crippen LogP contribution in [-0.4, -0.2) is 17.4 Å². The van der Waals surface area contributed by atoms with Crippen LogP contribution in [0.1, 0.15) is 17.7 Å². The minimum atomic E-state index is -0.320. The van der Waals surface area contributed by atoms with E-state index in [0.717, 1.165) is 16.9 Å². The van der Waals surface area contributed by atoms with Crippen LogP contribution in [0.25, 0.3) is 0 Å². The molecule has 1 aromatic heterocycles. The van der Waals surface area contributed by atoms with Crippen molar-refractivity contribution < 1.29 is 4.79 Å². The van der Waals surface area contributed by atoms with E-state index >= 15 is 0 Å². The molecule has 0 atom stereocenters. The molecule has 1 aromatic carbocycles. The van der Waals surface area contributed by atoms with Gasteiger partial charge in [-0.05, 0) is 36.8 Å². The van der Waals surface area contributed by atoms with Crippen molar-refractivity contribution in [3.63, 3.8) is 0 Å². The number of nitrogens with zero attached hydrogens (tertiary/aromatic N) is 2. The highest BCUT2D eigenvalue weighted by atomic mass is 35.5. The number of hydrogen-bond acceptors (Lipinski definition) is 3. The van der Waals surface area contributed by atoms with Crippen LogP contribution in [0.15, 0.2) is 42.6 Å². The van der Waals surface area contributed by atoms with Gasteiger partial charge < -0.3 is 10.6 Å². The molecule has 1 heterocycles. The van der Waals surface area contributed by atoms with Crippen molar-refractivity contribution >= 4 is 23.2 Å². The first-order valence-corrected chi connectivity index (χ1v) is 7.13. The monoisotopic (exact) mass is 303 g/mol. The molecule has 2 N–H and O–H groups in total. The van der Waals surface area contributed by atoms with E-state index in [1.165, 1.54) is 0 Å². The fourth-order valence-electron chi connectivity index (χ4n) is 2.08. The van der Waals surface area contributed by atoms with E-state index in [-0.39, 0.29) is 5.91 Å². The molecule has 0 aliphatic heterocycles. The molecule has 0 aliphatic rings. The lowest BCUT2D eigenvalue weighted by atomic mass is 10.2. The summed E-state index contributed by atoms with van der Waals surface area (Å²) < 4.78 is 0. The second-order valence-corrected chi connectivity index (χ2v) is 5.32. The van der Waals surface area contributed by atoms with E-state index in [9.17, 15) is 4.79 Å². The number of primary amides is 1. The van der Waals surface area contributed by atoms with Gasteiger partial charge in [0.1, 0.15) is 0 Å². The lowest BCUT2D eigenvalue weighted by Crippen LogP contribution is -2.28. The van der Waals surface area contributed by atoms with Gasteiger partial charge in [0.05, 0.1) is 17.3 Å². The summed E-state index contributed by atoms with van der Waals surface area (Å²) >= 11 is 6.17. The highest BCUT2D eigenvalue weighted by Gasteiger charge is 2.12. The third-order valence-electron chi connectivity index (χ3n) is 3.17. The van der Waals surface area contributed by atoms with Crippen LogP contribution >= 0.6 is 11.6 Å². The predicted molar refractivity (Wildman–Crippen MR) is 85.3 cm³/mol. The van der Waals surface area contributed by atoms with E-state index in [1.807, 2.05) is 31.2 Å². The highest BCUT2D eigenvalue weighted by molar-refractivity contribution is 6.31. The maximum Gasteiger partial charge on any atom is 0.219 e. The van der Waals surface area contributed by atoms with Gasteiger partial charge in [0.25, 0.3) is 0 Å². The Hall–Kier alpha value is -2.07. The second-order valence-electron chi connectivity index (χ2n) is 4.91. The third-order valence-corrected chi connectivity index (χ3v) is 3.51. The number of aryl methyl sites for hydroxylation is 1. The zero-order chi connectivity index (χ0) is 15.2. The molecule has 4 nitrogen and oxygen atoms in total. The summed E-state index contributed by atoms with van der Waals surface area (Å²) in [6.45, 7) is 3.10. The van der Waals surface area contributed by atoms with Gasteiger partial charge in [0.2, 0.25) is 5.91 Å². The summed E-state index contributed by atoms with van der Waals surface area (Å²) in [5.74, 6) is -0.320. The van der Waals surface area contributed by atoms with E-state index in [1.54, 1.807) is 12.3 Å². The number of carbonyl (C=O) groups is 1. The Morgan fingerprint density at radius 2 is 2.14 bits per heavy atom. The summed E-state index contributed by atoms with van der Waals surface area (Å²) in [7, 11) is 0. The van der Waals surface area contributed by atoms with Crippen LogP contribution in [0.3, 0.4) is 0 Å². The van der Waals surface area contributed by atoms with Gasteiger partial charge in [-0.2, -0.15) is 0 Å². The largest absolute Gasteiger partial charge is 0.370 e. The number of nitrogens with two attached hydrogens (primary N) is 1. The minimum absolute atomic E-state index is 0.290. The topological polar surface area (TPSA) is 59.2 Å². The summed E-state index contributed by atoms with van der Waals surface area (Å²) in [6.07, 6.45) is 2.00. The van der Waals surface area contributed by atoms with Crippen molar-refractivity contribution in [2.24, 2.45) is 5.73 Å². The first-order chi connectivity index (χ1) is 10.1. The standard InChI is InChI=1S/C16H18ClN3O/c1-12-4-2-5-13(10-12)20(9-7-16(18)21)11-15-14(17)6-3-8-19-15/h2-6,8,10H,7,9,11H2,1H3,(H2,18,21). The Bertz CT molecular complexity index is 630. The summed E-state index contributed by atoms with van der Waals surface area (Å²) in [5.41, 5.74) is 8.23. The first-order valence-electron chi connectivity index (χ1n) is 6.75. The molecule has 0 radical (unpaired) electrons. The number of pyridine rings is 1. The van der Waals surface area contributed by atoms with Crippen molar-refractivity contribution in [3.8, 4) is 0 Å². The molecule has 5 heteroatoms. The number of aromatic nitrogens is 1. The smallest absolute Gasteiger partial charge is 0.219 e. The molecule has 0 saturated heterocycles. The normalized spacial score (nSPS) is 10.4. The maximum atomic E-state index is 11.1. The molecule has 0 aliphatic carbocycles. The van der Waals surface area contributed by atoms with Gasteiger partial charge in [-0.3, -0.25) is 9.78 Å². The Balaban J connectivity index is 2.23. The van der Waals surface area contributed by atoms with Gasteiger partial charge in [-0.25, -0.2) is 0 Å². The first kappa shape index (κ1) is 15.3. The molecule has 2 rings (SSSR count). The molecule has 2 aromatic rings. The molecule has 0 fully saturated rings. The Kier molecular flexibility index (Phi) is 5.17. The maximum absolute atomic E-state index is 11.1. The average molecular weight is 304 g/mol. The van der Waals surface area contributed by atoms with Crippen LogP contribution in [0.4, 0.5) is 5.69 Å². The summed E-state index contributed by atoms with van der Waals surface area (Å²) in [6, 6.07) is 11.7. The number of amides is 1. The van der Waals surface area contributed by atoms with Crippen molar-refractivity contribution in [2.45, 2.75) is 19.9 Å². The van der Waals surface area contributed by atoms with Gasteiger partial charge in [0, 0.05) is 24.8 Å². The molecular weight excluding hydrogens is 286 g/mol. The Morgan fingerprint density at radius 1 is 1.33 bits per heavy atom. The van der Waals surface area contributed by atoms with Gasteiger partial charge in [-0.1, -0.05) is 23.7 Å². The number of anilines is 1. The van der Waals surface area contributed by atoms with Crippen LogP contribution in [-0.2, 0) is 11.3 Å². The molecule has 0 spiro atoms. The summed E-state index contributed by atoms with van der Waals surface area (Å²) in [4.78, 5) is 17.4. The van der Waals surface area contributed by atoms with Crippen molar-refractivity contribution in [1.82, 2.24) is 4.98 Å². The number of benzene rings is 1. The van der Waals surface area contributed by atoms with E-state index < -0.39 is 0 Å². The predicted octanol–water partition coefficient (Wildman–Crippen LogP) is 2.93. The number of rotatable bonds is 6. The highest BCUT2D eigenvalue weighted by Crippen LogP contribution is 2.21. The zero-order valence-corrected chi connectivity index (χ0v) is 12.7. The van der Waals surface area contributed by atoms with Crippen molar-refractivity contribution in [3.05, 3.63) is 58.9 Å². The van der Waals surface area contributed by atoms with Gasteiger partial charge in [0.15, 0.2) is 0 Å². The Morgan fingerprint density at radius 3 is 2.81 bits per heavy atom. The third kappa shape index (κ3) is 4.46. The Labute approximate surface area is 129 Å². The van der Waals surface area contributed by atoms with Crippen LogP contribution in [0.5, 0.6) is 0 Å². The molecule has 0 saturated carbocycles. The van der Waals surface area contributed by atoms with E-state index in [4.69, 9.17) is 17.3 Å². The van der Waals surface area contributed by atoms with Crippen LogP contribution < -0.4 is 10.6 Å². The summed E-state index contributed by atoms with van der Waals surface area (Å²) in [5, 5.41) is 0.620. The molecule has 110 valence electrons. The number of hydrogen-bond donors (Lipinski definition) is 1.